The molecule has 1 heterocycles. The summed E-state index contributed by atoms with van der Waals surface area (Å²) < 4.78 is 14.1. The molecule has 5 rings (SSSR count). The molecule has 150 valence electrons. The van der Waals surface area contributed by atoms with Crippen molar-refractivity contribution in [2.45, 2.75) is 43.2 Å². The van der Waals surface area contributed by atoms with E-state index < -0.39 is 11.2 Å². The lowest BCUT2D eigenvalue weighted by molar-refractivity contribution is 0.0563. The standard InChI is InChI=1S/C24H20FN3O2/c25-16-5-6-21-19(9-16)22(14-1-3-15(4-2-14)24(13-26)7-8-24)20(12-27-21)23(30)28-17-10-18(29)11-17/h1-6,9,12,17-18,29H,7-8,10-11H2,(H,28,30). The van der Waals surface area contributed by atoms with Gasteiger partial charge in [0, 0.05) is 23.2 Å². The van der Waals surface area contributed by atoms with Crippen molar-refractivity contribution in [2.24, 2.45) is 0 Å². The second-order valence-corrected chi connectivity index (χ2v) is 8.28. The number of amides is 1. The van der Waals surface area contributed by atoms with E-state index in [1.807, 2.05) is 24.3 Å². The Morgan fingerprint density at radius 1 is 1.20 bits per heavy atom. The number of fused-ring (bicyclic) bond motifs is 1. The Labute approximate surface area is 173 Å². The van der Waals surface area contributed by atoms with Gasteiger partial charge >= 0.3 is 0 Å². The molecule has 0 radical (unpaired) electrons. The maximum absolute atomic E-state index is 14.1. The van der Waals surface area contributed by atoms with Crippen LogP contribution >= 0.6 is 0 Å². The van der Waals surface area contributed by atoms with Gasteiger partial charge in [0.1, 0.15) is 5.82 Å². The molecule has 2 aliphatic carbocycles. The van der Waals surface area contributed by atoms with Crippen molar-refractivity contribution < 1.29 is 14.3 Å². The lowest BCUT2D eigenvalue weighted by Gasteiger charge is -2.32. The monoisotopic (exact) mass is 401 g/mol. The summed E-state index contributed by atoms with van der Waals surface area (Å²) in [4.78, 5) is 17.3. The zero-order valence-electron chi connectivity index (χ0n) is 16.2. The summed E-state index contributed by atoms with van der Waals surface area (Å²) >= 11 is 0. The van der Waals surface area contributed by atoms with Crippen molar-refractivity contribution in [3.63, 3.8) is 0 Å². The number of nitrogens with one attached hydrogen (secondary N) is 1. The lowest BCUT2D eigenvalue weighted by atomic mass is 9.88. The highest BCUT2D eigenvalue weighted by atomic mass is 19.1. The molecule has 0 spiro atoms. The molecule has 0 bridgehead atoms. The van der Waals surface area contributed by atoms with E-state index in [-0.39, 0.29) is 18.1 Å². The summed E-state index contributed by atoms with van der Waals surface area (Å²) in [7, 11) is 0. The van der Waals surface area contributed by atoms with Crippen molar-refractivity contribution in [3.05, 3.63) is 65.6 Å². The predicted molar refractivity (Wildman–Crippen MR) is 110 cm³/mol. The molecule has 1 amide bonds. The van der Waals surface area contributed by atoms with Gasteiger partial charge in [-0.25, -0.2) is 4.39 Å². The molecular weight excluding hydrogens is 381 g/mol. The number of benzene rings is 2. The van der Waals surface area contributed by atoms with Crippen molar-refractivity contribution in [1.29, 1.82) is 5.26 Å². The molecule has 1 aromatic heterocycles. The second kappa shape index (κ2) is 6.89. The lowest BCUT2D eigenvalue weighted by Crippen LogP contribution is -2.46. The Kier molecular flexibility index (Phi) is 4.30. The Bertz CT molecular complexity index is 1190. The number of carbonyl (C=O) groups excluding carboxylic acids is 1. The summed E-state index contributed by atoms with van der Waals surface area (Å²) in [5.41, 5.74) is 2.92. The van der Waals surface area contributed by atoms with Crippen molar-refractivity contribution in [2.75, 3.05) is 0 Å². The second-order valence-electron chi connectivity index (χ2n) is 8.28. The van der Waals surface area contributed by atoms with Crippen LogP contribution in [0, 0.1) is 17.1 Å². The number of aliphatic hydroxyl groups excluding tert-OH is 1. The minimum Gasteiger partial charge on any atom is -0.393 e. The fourth-order valence-electron chi connectivity index (χ4n) is 4.16. The van der Waals surface area contributed by atoms with Crippen LogP contribution in [-0.4, -0.2) is 28.1 Å². The van der Waals surface area contributed by atoms with E-state index in [1.54, 1.807) is 6.07 Å². The molecule has 6 heteroatoms. The van der Waals surface area contributed by atoms with Gasteiger partial charge in [0.05, 0.1) is 28.7 Å². The van der Waals surface area contributed by atoms with E-state index in [0.29, 0.717) is 34.9 Å². The first-order chi connectivity index (χ1) is 14.5. The molecule has 2 N–H and O–H groups in total. The Morgan fingerprint density at radius 3 is 2.57 bits per heavy atom. The molecule has 0 saturated heterocycles. The van der Waals surface area contributed by atoms with Crippen molar-refractivity contribution >= 4 is 16.8 Å². The van der Waals surface area contributed by atoms with Gasteiger partial charge in [-0.1, -0.05) is 24.3 Å². The van der Waals surface area contributed by atoms with Crippen LogP contribution in [0.5, 0.6) is 0 Å². The minimum absolute atomic E-state index is 0.0729. The largest absolute Gasteiger partial charge is 0.393 e. The number of aromatic nitrogens is 1. The molecule has 2 aromatic carbocycles. The quantitative estimate of drug-likeness (QED) is 0.695. The fraction of sp³-hybridized carbons (Fsp3) is 0.292. The van der Waals surface area contributed by atoms with Crippen LogP contribution < -0.4 is 5.32 Å². The number of halogens is 1. The third-order valence-corrected chi connectivity index (χ3v) is 6.21. The van der Waals surface area contributed by atoms with Gasteiger partial charge in [0.25, 0.3) is 5.91 Å². The number of pyridine rings is 1. The molecule has 0 atom stereocenters. The van der Waals surface area contributed by atoms with Crippen LogP contribution in [0.2, 0.25) is 0 Å². The minimum atomic E-state index is -0.400. The molecule has 2 aliphatic rings. The van der Waals surface area contributed by atoms with Gasteiger partial charge in [-0.2, -0.15) is 5.26 Å². The van der Waals surface area contributed by atoms with Gasteiger partial charge in [0.15, 0.2) is 0 Å². The third kappa shape index (κ3) is 3.12. The maximum atomic E-state index is 14.1. The van der Waals surface area contributed by atoms with Crippen LogP contribution in [0.15, 0.2) is 48.7 Å². The first kappa shape index (κ1) is 18.7. The Balaban J connectivity index is 1.60. The molecule has 0 unspecified atom stereocenters. The highest BCUT2D eigenvalue weighted by molar-refractivity contribution is 6.08. The zero-order valence-corrected chi connectivity index (χ0v) is 16.2. The predicted octanol–water partition coefficient (Wildman–Crippen LogP) is 3.85. The number of nitrogens with zero attached hydrogens (tertiary/aromatic N) is 2. The zero-order chi connectivity index (χ0) is 20.9. The van der Waals surface area contributed by atoms with Crippen LogP contribution in [0.3, 0.4) is 0 Å². The van der Waals surface area contributed by atoms with Crippen LogP contribution in [0.25, 0.3) is 22.0 Å². The van der Waals surface area contributed by atoms with Gasteiger partial charge < -0.3 is 10.4 Å². The molecule has 2 saturated carbocycles. The van der Waals surface area contributed by atoms with E-state index in [4.69, 9.17) is 0 Å². The molecule has 0 aliphatic heterocycles. The number of nitriles is 1. The highest BCUT2D eigenvalue weighted by Crippen LogP contribution is 2.48. The Morgan fingerprint density at radius 2 is 1.93 bits per heavy atom. The van der Waals surface area contributed by atoms with E-state index in [9.17, 15) is 19.6 Å². The summed E-state index contributed by atoms with van der Waals surface area (Å²) in [6.07, 6.45) is 3.91. The number of hydrogen-bond donors (Lipinski definition) is 2. The molecule has 2 fully saturated rings. The van der Waals surface area contributed by atoms with E-state index in [0.717, 1.165) is 24.0 Å². The third-order valence-electron chi connectivity index (χ3n) is 6.21. The number of rotatable bonds is 4. The summed E-state index contributed by atoms with van der Waals surface area (Å²) in [5, 5.41) is 22.4. The SMILES string of the molecule is N#CC1(c2ccc(-c3c(C(=O)NC4CC(O)C4)cnc4ccc(F)cc34)cc2)CC1. The van der Waals surface area contributed by atoms with Crippen LogP contribution in [0.1, 0.15) is 41.6 Å². The summed E-state index contributed by atoms with van der Waals surface area (Å²) in [6.45, 7) is 0. The molecule has 5 nitrogen and oxygen atoms in total. The van der Waals surface area contributed by atoms with Crippen molar-refractivity contribution in [1.82, 2.24) is 10.3 Å². The Hall–Kier alpha value is -3.30. The average molecular weight is 401 g/mol. The van der Waals surface area contributed by atoms with Gasteiger partial charge in [-0.15, -0.1) is 0 Å². The van der Waals surface area contributed by atoms with Gasteiger partial charge in [-0.3, -0.25) is 9.78 Å². The first-order valence-corrected chi connectivity index (χ1v) is 10.1. The van der Waals surface area contributed by atoms with E-state index in [1.165, 1.54) is 18.3 Å². The van der Waals surface area contributed by atoms with E-state index in [2.05, 4.69) is 16.4 Å². The topological polar surface area (TPSA) is 86.0 Å². The van der Waals surface area contributed by atoms with Gasteiger partial charge in [-0.05, 0) is 55.0 Å². The highest BCUT2D eigenvalue weighted by Gasteiger charge is 2.44. The molecule has 3 aromatic rings. The smallest absolute Gasteiger partial charge is 0.253 e. The average Bonchev–Trinajstić information content (AvgIpc) is 3.53. The molecular formula is C24H20FN3O2. The summed E-state index contributed by atoms with van der Waals surface area (Å²) in [6, 6.07) is 14.3. The molecule has 30 heavy (non-hydrogen) atoms. The maximum Gasteiger partial charge on any atom is 0.253 e. The summed E-state index contributed by atoms with van der Waals surface area (Å²) in [5.74, 6) is -0.691. The normalized spacial score (nSPS) is 21.5. The fourth-order valence-corrected chi connectivity index (χ4v) is 4.16. The van der Waals surface area contributed by atoms with Gasteiger partial charge in [0.2, 0.25) is 0 Å². The number of aliphatic hydroxyl groups is 1. The van der Waals surface area contributed by atoms with Crippen LogP contribution in [0.4, 0.5) is 4.39 Å². The number of carbonyl (C=O) groups is 1. The van der Waals surface area contributed by atoms with Crippen molar-refractivity contribution in [3.8, 4) is 17.2 Å². The van der Waals surface area contributed by atoms with E-state index >= 15 is 0 Å². The van der Waals surface area contributed by atoms with Crippen LogP contribution in [-0.2, 0) is 5.41 Å². The number of hydrogen-bond acceptors (Lipinski definition) is 4. The first-order valence-electron chi connectivity index (χ1n) is 10.1.